The molecule has 0 aliphatic rings. The van der Waals surface area contributed by atoms with E-state index in [0.717, 1.165) is 11.1 Å². The standard InChI is InChI=1S/C23H24N4O2/c1-16(2)25-23(29)26-20-10-6-9-19(15-20)22(28)27-21(17-7-4-3-5-8-17)18-11-13-24-14-12-18/h3-16,21H,1-2H3,(H,27,28)(H2,25,26,29). The second kappa shape index (κ2) is 9.50. The highest BCUT2D eigenvalue weighted by Gasteiger charge is 2.18. The highest BCUT2D eigenvalue weighted by molar-refractivity contribution is 5.97. The number of pyridine rings is 1. The van der Waals surface area contributed by atoms with Crippen molar-refractivity contribution in [3.05, 3.63) is 95.8 Å². The van der Waals surface area contributed by atoms with Gasteiger partial charge in [0.2, 0.25) is 0 Å². The van der Waals surface area contributed by atoms with Gasteiger partial charge in [0.25, 0.3) is 5.91 Å². The number of aromatic nitrogens is 1. The van der Waals surface area contributed by atoms with Crippen LogP contribution in [0.25, 0.3) is 0 Å². The van der Waals surface area contributed by atoms with Crippen LogP contribution < -0.4 is 16.0 Å². The molecule has 1 atom stereocenters. The first-order valence-electron chi connectivity index (χ1n) is 9.46. The number of carbonyl (C=O) groups excluding carboxylic acids is 2. The summed E-state index contributed by atoms with van der Waals surface area (Å²) in [6, 6.07) is 19.8. The number of nitrogens with one attached hydrogen (secondary N) is 3. The van der Waals surface area contributed by atoms with Gasteiger partial charge in [-0.15, -0.1) is 0 Å². The van der Waals surface area contributed by atoms with Crippen LogP contribution in [0.3, 0.4) is 0 Å². The molecular weight excluding hydrogens is 364 g/mol. The maximum Gasteiger partial charge on any atom is 0.319 e. The maximum absolute atomic E-state index is 13.0. The van der Waals surface area contributed by atoms with Gasteiger partial charge in [0.05, 0.1) is 6.04 Å². The van der Waals surface area contributed by atoms with Gasteiger partial charge in [0.1, 0.15) is 0 Å². The van der Waals surface area contributed by atoms with E-state index in [1.165, 1.54) is 0 Å². The van der Waals surface area contributed by atoms with Gasteiger partial charge in [-0.05, 0) is 55.3 Å². The predicted molar refractivity (Wildman–Crippen MR) is 114 cm³/mol. The van der Waals surface area contributed by atoms with Crippen molar-refractivity contribution in [2.45, 2.75) is 25.9 Å². The van der Waals surface area contributed by atoms with E-state index < -0.39 is 0 Å². The quantitative estimate of drug-likeness (QED) is 0.594. The van der Waals surface area contributed by atoms with Crippen LogP contribution in [0.15, 0.2) is 79.1 Å². The first-order chi connectivity index (χ1) is 14.0. The summed E-state index contributed by atoms with van der Waals surface area (Å²) in [5.74, 6) is -0.233. The van der Waals surface area contributed by atoms with Crippen molar-refractivity contribution in [1.82, 2.24) is 15.6 Å². The molecule has 1 heterocycles. The van der Waals surface area contributed by atoms with Crippen LogP contribution in [0.2, 0.25) is 0 Å². The smallest absolute Gasteiger partial charge is 0.319 e. The third-order valence-electron chi connectivity index (χ3n) is 4.25. The molecule has 2 aromatic carbocycles. The summed E-state index contributed by atoms with van der Waals surface area (Å²) < 4.78 is 0. The van der Waals surface area contributed by atoms with Crippen molar-refractivity contribution in [2.75, 3.05) is 5.32 Å². The molecule has 148 valence electrons. The maximum atomic E-state index is 13.0. The lowest BCUT2D eigenvalue weighted by molar-refractivity contribution is 0.0943. The number of amides is 3. The summed E-state index contributed by atoms with van der Waals surface area (Å²) in [7, 11) is 0. The number of carbonyl (C=O) groups is 2. The summed E-state index contributed by atoms with van der Waals surface area (Å²) in [6.07, 6.45) is 3.41. The Morgan fingerprint density at radius 3 is 2.21 bits per heavy atom. The monoisotopic (exact) mass is 388 g/mol. The van der Waals surface area contributed by atoms with Gasteiger partial charge in [-0.3, -0.25) is 9.78 Å². The molecule has 0 saturated carbocycles. The molecule has 0 fully saturated rings. The molecular formula is C23H24N4O2. The predicted octanol–water partition coefficient (Wildman–Crippen LogP) is 4.13. The van der Waals surface area contributed by atoms with Crippen LogP contribution in [-0.2, 0) is 0 Å². The van der Waals surface area contributed by atoms with Gasteiger partial charge in [-0.1, -0.05) is 36.4 Å². The molecule has 0 aliphatic carbocycles. The molecule has 0 spiro atoms. The van der Waals surface area contributed by atoms with E-state index >= 15 is 0 Å². The molecule has 3 amide bonds. The topological polar surface area (TPSA) is 83.1 Å². The number of hydrogen-bond donors (Lipinski definition) is 3. The Morgan fingerprint density at radius 2 is 1.52 bits per heavy atom. The Bertz CT molecular complexity index is 919. The van der Waals surface area contributed by atoms with Crippen molar-refractivity contribution in [2.24, 2.45) is 0 Å². The van der Waals surface area contributed by atoms with Crippen molar-refractivity contribution in [1.29, 1.82) is 0 Å². The average molecular weight is 388 g/mol. The lowest BCUT2D eigenvalue weighted by atomic mass is 9.99. The Hall–Kier alpha value is -3.67. The van der Waals surface area contributed by atoms with Crippen molar-refractivity contribution in [3.63, 3.8) is 0 Å². The normalized spacial score (nSPS) is 11.6. The SMILES string of the molecule is CC(C)NC(=O)Nc1cccc(C(=O)NC(c2ccccc2)c2ccncc2)c1. The lowest BCUT2D eigenvalue weighted by Gasteiger charge is -2.20. The third kappa shape index (κ3) is 5.65. The summed E-state index contributed by atoms with van der Waals surface area (Å²) in [5, 5.41) is 8.59. The molecule has 29 heavy (non-hydrogen) atoms. The van der Waals surface area contributed by atoms with E-state index in [2.05, 4.69) is 20.9 Å². The van der Waals surface area contributed by atoms with Crippen LogP contribution in [0.5, 0.6) is 0 Å². The number of benzene rings is 2. The Kier molecular flexibility index (Phi) is 6.58. The summed E-state index contributed by atoms with van der Waals surface area (Å²) in [4.78, 5) is 28.9. The van der Waals surface area contributed by atoms with E-state index in [-0.39, 0.29) is 24.0 Å². The zero-order valence-corrected chi connectivity index (χ0v) is 16.4. The molecule has 0 saturated heterocycles. The van der Waals surface area contributed by atoms with Gasteiger partial charge >= 0.3 is 6.03 Å². The van der Waals surface area contributed by atoms with Crippen LogP contribution in [0.4, 0.5) is 10.5 Å². The van der Waals surface area contributed by atoms with Crippen LogP contribution in [0, 0.1) is 0 Å². The first kappa shape index (κ1) is 20.1. The lowest BCUT2D eigenvalue weighted by Crippen LogP contribution is -2.34. The zero-order valence-electron chi connectivity index (χ0n) is 16.4. The number of hydrogen-bond acceptors (Lipinski definition) is 3. The van der Waals surface area contributed by atoms with Gasteiger partial charge in [-0.25, -0.2) is 4.79 Å². The fourth-order valence-electron chi connectivity index (χ4n) is 2.94. The minimum Gasteiger partial charge on any atom is -0.341 e. The van der Waals surface area contributed by atoms with Crippen molar-refractivity contribution >= 4 is 17.6 Å². The highest BCUT2D eigenvalue weighted by atomic mass is 16.2. The molecule has 6 heteroatoms. The molecule has 3 rings (SSSR count). The fourth-order valence-corrected chi connectivity index (χ4v) is 2.94. The third-order valence-corrected chi connectivity index (χ3v) is 4.25. The second-order valence-corrected chi connectivity index (χ2v) is 6.93. The minimum atomic E-state index is -0.312. The van der Waals surface area contributed by atoms with Crippen molar-refractivity contribution < 1.29 is 9.59 Å². The summed E-state index contributed by atoms with van der Waals surface area (Å²) >= 11 is 0. The van der Waals surface area contributed by atoms with E-state index in [9.17, 15) is 9.59 Å². The largest absolute Gasteiger partial charge is 0.341 e. The minimum absolute atomic E-state index is 0.0217. The molecule has 1 unspecified atom stereocenters. The van der Waals surface area contributed by atoms with Crippen LogP contribution >= 0.6 is 0 Å². The van der Waals surface area contributed by atoms with Gasteiger partial charge in [-0.2, -0.15) is 0 Å². The Morgan fingerprint density at radius 1 is 0.828 bits per heavy atom. The first-order valence-corrected chi connectivity index (χ1v) is 9.46. The molecule has 6 nitrogen and oxygen atoms in total. The number of anilines is 1. The van der Waals surface area contributed by atoms with E-state index in [1.54, 1.807) is 36.7 Å². The molecule has 3 aromatic rings. The molecule has 0 aliphatic heterocycles. The highest BCUT2D eigenvalue weighted by Crippen LogP contribution is 2.22. The van der Waals surface area contributed by atoms with Crippen molar-refractivity contribution in [3.8, 4) is 0 Å². The van der Waals surface area contributed by atoms with Gasteiger partial charge in [0, 0.05) is 29.7 Å². The van der Waals surface area contributed by atoms with Gasteiger partial charge in [0.15, 0.2) is 0 Å². The molecule has 0 radical (unpaired) electrons. The van der Waals surface area contributed by atoms with E-state index in [1.807, 2.05) is 56.3 Å². The fraction of sp³-hybridized carbons (Fsp3) is 0.174. The van der Waals surface area contributed by atoms with Crippen LogP contribution in [0.1, 0.15) is 41.4 Å². The van der Waals surface area contributed by atoms with Gasteiger partial charge < -0.3 is 16.0 Å². The average Bonchev–Trinajstić information content (AvgIpc) is 2.72. The molecule has 0 bridgehead atoms. The van der Waals surface area contributed by atoms with E-state index in [4.69, 9.17) is 0 Å². The molecule has 1 aromatic heterocycles. The Labute approximate surface area is 170 Å². The summed E-state index contributed by atoms with van der Waals surface area (Å²) in [6.45, 7) is 3.76. The Balaban J connectivity index is 1.80. The number of urea groups is 1. The second-order valence-electron chi connectivity index (χ2n) is 6.93. The van der Waals surface area contributed by atoms with E-state index in [0.29, 0.717) is 11.3 Å². The van der Waals surface area contributed by atoms with Crippen LogP contribution in [-0.4, -0.2) is 23.0 Å². The summed E-state index contributed by atoms with van der Waals surface area (Å²) in [5.41, 5.74) is 2.92. The molecule has 3 N–H and O–H groups in total. The number of nitrogens with zero attached hydrogens (tertiary/aromatic N) is 1. The number of rotatable bonds is 6. The zero-order chi connectivity index (χ0) is 20.6.